The van der Waals surface area contributed by atoms with E-state index >= 15 is 0 Å². The number of nitrogens with two attached hydrogens (primary N) is 1. The first kappa shape index (κ1) is 8.34. The molecule has 6 nitrogen and oxygen atoms in total. The van der Waals surface area contributed by atoms with Crippen LogP contribution in [0.4, 0.5) is 4.79 Å². The van der Waals surface area contributed by atoms with Crippen molar-refractivity contribution in [2.24, 2.45) is 5.73 Å². The maximum atomic E-state index is 9.76. The molecule has 0 aliphatic rings. The second kappa shape index (κ2) is 4.24. The Morgan fingerprint density at radius 2 is 2.44 bits per heavy atom. The standard InChI is InChI=1S/C2H6N2O4S/c3-2(5)8-1-4-9(6)7/h4H,1H2,(H2,3,5)(H,6,7). The predicted octanol–water partition coefficient (Wildman–Crippen LogP) is -1.23. The molecule has 0 aromatic heterocycles. The Balaban J connectivity index is 3.10. The fourth-order valence-corrected chi connectivity index (χ4v) is 0.311. The minimum atomic E-state index is -2.16. The molecule has 4 N–H and O–H groups in total. The highest BCUT2D eigenvalue weighted by atomic mass is 32.2. The van der Waals surface area contributed by atoms with E-state index in [9.17, 15) is 9.00 Å². The summed E-state index contributed by atoms with van der Waals surface area (Å²) >= 11 is -2.16. The van der Waals surface area contributed by atoms with Crippen molar-refractivity contribution >= 4 is 17.4 Å². The van der Waals surface area contributed by atoms with Crippen LogP contribution in [-0.4, -0.2) is 21.6 Å². The van der Waals surface area contributed by atoms with E-state index in [1.165, 1.54) is 0 Å². The Kier molecular flexibility index (Phi) is 3.93. The molecule has 0 saturated heterocycles. The number of carbonyl (C=O) groups is 1. The highest BCUT2D eigenvalue weighted by Gasteiger charge is 1.93. The van der Waals surface area contributed by atoms with Crippen molar-refractivity contribution in [3.63, 3.8) is 0 Å². The van der Waals surface area contributed by atoms with Gasteiger partial charge in [-0.25, -0.2) is 9.00 Å². The van der Waals surface area contributed by atoms with Crippen LogP contribution >= 0.6 is 0 Å². The highest BCUT2D eigenvalue weighted by Crippen LogP contribution is 1.68. The first-order chi connectivity index (χ1) is 4.13. The van der Waals surface area contributed by atoms with Crippen LogP contribution in [0.25, 0.3) is 0 Å². The molecule has 0 aliphatic carbocycles. The Bertz CT molecular complexity index is 112. The van der Waals surface area contributed by atoms with Crippen molar-refractivity contribution in [3.05, 3.63) is 0 Å². The van der Waals surface area contributed by atoms with Crippen LogP contribution < -0.4 is 10.5 Å². The van der Waals surface area contributed by atoms with Crippen molar-refractivity contribution in [2.75, 3.05) is 6.73 Å². The molecular formula is C2H6N2O4S. The van der Waals surface area contributed by atoms with Crippen molar-refractivity contribution in [1.82, 2.24) is 4.72 Å². The van der Waals surface area contributed by atoms with Gasteiger partial charge in [0.2, 0.25) is 11.3 Å². The van der Waals surface area contributed by atoms with Crippen molar-refractivity contribution < 1.29 is 18.3 Å². The zero-order valence-corrected chi connectivity index (χ0v) is 5.18. The molecule has 0 saturated carbocycles. The molecule has 0 aliphatic heterocycles. The highest BCUT2D eigenvalue weighted by molar-refractivity contribution is 7.77. The molecule has 0 spiro atoms. The summed E-state index contributed by atoms with van der Waals surface area (Å²) in [6, 6.07) is 0. The lowest BCUT2D eigenvalue weighted by molar-refractivity contribution is 0.155. The molecule has 0 fully saturated rings. The second-order valence-electron chi connectivity index (χ2n) is 1.00. The van der Waals surface area contributed by atoms with Crippen LogP contribution in [-0.2, 0) is 16.0 Å². The largest absolute Gasteiger partial charge is 0.433 e. The summed E-state index contributed by atoms with van der Waals surface area (Å²) in [5.41, 5.74) is 4.50. The van der Waals surface area contributed by atoms with Gasteiger partial charge in [0.05, 0.1) is 0 Å². The van der Waals surface area contributed by atoms with Gasteiger partial charge in [-0.1, -0.05) is 0 Å². The monoisotopic (exact) mass is 154 g/mol. The predicted molar refractivity (Wildman–Crippen MR) is 29.4 cm³/mol. The summed E-state index contributed by atoms with van der Waals surface area (Å²) in [7, 11) is 0. The van der Waals surface area contributed by atoms with E-state index in [1.807, 2.05) is 4.72 Å². The average molecular weight is 154 g/mol. The third-order valence-corrected chi connectivity index (χ3v) is 0.762. The Labute approximate surface area is 53.8 Å². The topological polar surface area (TPSA) is 102 Å². The number of carbonyl (C=O) groups excluding carboxylic acids is 1. The molecule has 0 bridgehead atoms. The zero-order chi connectivity index (χ0) is 7.28. The fraction of sp³-hybridized carbons (Fsp3) is 0.500. The molecule has 1 atom stereocenters. The maximum Gasteiger partial charge on any atom is 0.405 e. The van der Waals surface area contributed by atoms with E-state index in [0.29, 0.717) is 0 Å². The summed E-state index contributed by atoms with van der Waals surface area (Å²) in [6.45, 7) is -0.363. The van der Waals surface area contributed by atoms with Crippen LogP contribution in [0.2, 0.25) is 0 Å². The third kappa shape index (κ3) is 7.34. The number of hydrogen-bond acceptors (Lipinski definition) is 3. The molecule has 1 unspecified atom stereocenters. The Morgan fingerprint density at radius 3 is 2.78 bits per heavy atom. The second-order valence-corrected chi connectivity index (χ2v) is 1.79. The van der Waals surface area contributed by atoms with E-state index < -0.39 is 17.4 Å². The van der Waals surface area contributed by atoms with Gasteiger partial charge < -0.3 is 10.5 Å². The molecule has 0 radical (unpaired) electrons. The maximum absolute atomic E-state index is 9.76. The van der Waals surface area contributed by atoms with Gasteiger partial charge >= 0.3 is 6.09 Å². The summed E-state index contributed by atoms with van der Waals surface area (Å²) in [5, 5.41) is 0. The molecule has 0 heterocycles. The molecule has 0 aromatic rings. The zero-order valence-electron chi connectivity index (χ0n) is 4.36. The van der Waals surface area contributed by atoms with Gasteiger partial charge in [0, 0.05) is 0 Å². The first-order valence-corrected chi connectivity index (χ1v) is 3.00. The van der Waals surface area contributed by atoms with Gasteiger partial charge in [-0.05, 0) is 0 Å². The van der Waals surface area contributed by atoms with E-state index in [2.05, 4.69) is 10.5 Å². The van der Waals surface area contributed by atoms with E-state index in [-0.39, 0.29) is 6.73 Å². The lowest BCUT2D eigenvalue weighted by atomic mass is 11.2. The molecule has 7 heteroatoms. The van der Waals surface area contributed by atoms with E-state index in [4.69, 9.17) is 4.55 Å². The quantitative estimate of drug-likeness (QED) is 0.349. The van der Waals surface area contributed by atoms with Gasteiger partial charge in [-0.2, -0.15) is 4.72 Å². The van der Waals surface area contributed by atoms with Gasteiger partial charge in [0.1, 0.15) is 0 Å². The minimum Gasteiger partial charge on any atom is -0.433 e. The molecular weight excluding hydrogens is 148 g/mol. The van der Waals surface area contributed by atoms with Gasteiger partial charge in [0.15, 0.2) is 6.73 Å². The lowest BCUT2D eigenvalue weighted by Crippen LogP contribution is -2.24. The average Bonchev–Trinajstić information content (AvgIpc) is 1.63. The van der Waals surface area contributed by atoms with E-state index in [0.717, 1.165) is 0 Å². The van der Waals surface area contributed by atoms with Gasteiger partial charge in [0.25, 0.3) is 0 Å². The molecule has 0 rings (SSSR count). The van der Waals surface area contributed by atoms with Gasteiger partial charge in [-0.3, -0.25) is 4.55 Å². The summed E-state index contributed by atoms with van der Waals surface area (Å²) in [4.78, 5) is 9.76. The number of ether oxygens (including phenoxy) is 1. The number of rotatable bonds is 3. The summed E-state index contributed by atoms with van der Waals surface area (Å²) in [6.07, 6.45) is -0.993. The van der Waals surface area contributed by atoms with Crippen molar-refractivity contribution in [2.45, 2.75) is 0 Å². The van der Waals surface area contributed by atoms with Crippen molar-refractivity contribution in [3.8, 4) is 0 Å². The van der Waals surface area contributed by atoms with Crippen LogP contribution in [0, 0.1) is 0 Å². The Hall–Kier alpha value is -0.660. The smallest absolute Gasteiger partial charge is 0.405 e. The third-order valence-electron chi connectivity index (χ3n) is 0.397. The summed E-state index contributed by atoms with van der Waals surface area (Å²) in [5.74, 6) is 0. The van der Waals surface area contributed by atoms with Crippen LogP contribution in [0.3, 0.4) is 0 Å². The number of primary amides is 1. The number of nitrogens with one attached hydrogen (secondary N) is 1. The fourth-order valence-electron chi connectivity index (χ4n) is 0.151. The molecule has 9 heavy (non-hydrogen) atoms. The normalized spacial score (nSPS) is 12.6. The van der Waals surface area contributed by atoms with Crippen LogP contribution in [0.5, 0.6) is 0 Å². The van der Waals surface area contributed by atoms with E-state index in [1.54, 1.807) is 0 Å². The molecule has 0 aromatic carbocycles. The van der Waals surface area contributed by atoms with Crippen LogP contribution in [0.1, 0.15) is 0 Å². The first-order valence-electron chi connectivity index (χ1n) is 1.89. The van der Waals surface area contributed by atoms with Gasteiger partial charge in [-0.15, -0.1) is 0 Å². The minimum absolute atomic E-state index is 0.363. The van der Waals surface area contributed by atoms with Crippen molar-refractivity contribution in [1.29, 1.82) is 0 Å². The lowest BCUT2D eigenvalue weighted by Gasteiger charge is -1.97. The molecule has 54 valence electrons. The van der Waals surface area contributed by atoms with Crippen LogP contribution in [0.15, 0.2) is 0 Å². The number of amides is 1. The molecule has 1 amide bonds. The summed E-state index contributed by atoms with van der Waals surface area (Å²) < 4.78 is 23.7. The Morgan fingerprint density at radius 1 is 1.89 bits per heavy atom. The SMILES string of the molecule is NC(=O)OCNS(=O)O. The number of hydrogen-bond donors (Lipinski definition) is 3.